The fourth-order valence-electron chi connectivity index (χ4n) is 8.24. The maximum atomic E-state index is 2.51. The molecule has 0 aliphatic carbocycles. The molecule has 0 saturated carbocycles. The van der Waals surface area contributed by atoms with E-state index in [1.807, 2.05) is 0 Å². The molecule has 11 aromatic rings. The summed E-state index contributed by atoms with van der Waals surface area (Å²) < 4.78 is 4.94. The number of rotatable bonds is 2. The summed E-state index contributed by atoms with van der Waals surface area (Å²) in [6.07, 6.45) is 0. The molecule has 0 spiro atoms. The van der Waals surface area contributed by atoms with Gasteiger partial charge in [-0.15, -0.1) is 0 Å². The number of aromatic nitrogens is 2. The first-order chi connectivity index (χ1) is 22.8. The Bertz CT molecular complexity index is 3000. The molecule has 212 valence electrons. The normalized spacial score (nSPS) is 12.3. The Morgan fingerprint density at radius 3 is 1.78 bits per heavy atom. The zero-order valence-corrected chi connectivity index (χ0v) is 24.9. The smallest absolute Gasteiger partial charge is 0.0620 e. The summed E-state index contributed by atoms with van der Waals surface area (Å²) >= 11 is 0. The lowest BCUT2D eigenvalue weighted by Crippen LogP contribution is -1.94. The summed E-state index contributed by atoms with van der Waals surface area (Å²) in [5, 5.41) is 12.9. The van der Waals surface area contributed by atoms with Crippen molar-refractivity contribution in [2.45, 2.75) is 0 Å². The number of hydrogen-bond donors (Lipinski definition) is 0. The molecule has 8 aromatic carbocycles. The minimum atomic E-state index is 1.17. The van der Waals surface area contributed by atoms with Crippen LogP contribution in [0.15, 0.2) is 158 Å². The van der Waals surface area contributed by atoms with E-state index in [0.29, 0.717) is 0 Å². The molecule has 11 rings (SSSR count). The topological polar surface area (TPSA) is 9.34 Å². The maximum absolute atomic E-state index is 2.51. The molecule has 0 fully saturated rings. The molecule has 0 aliphatic heterocycles. The predicted molar refractivity (Wildman–Crippen MR) is 196 cm³/mol. The lowest BCUT2D eigenvalue weighted by molar-refractivity contribution is 1.18. The second-order valence-electron chi connectivity index (χ2n) is 12.5. The summed E-state index contributed by atoms with van der Waals surface area (Å²) in [5.41, 5.74) is 9.99. The van der Waals surface area contributed by atoms with Crippen LogP contribution >= 0.6 is 0 Å². The van der Waals surface area contributed by atoms with Gasteiger partial charge in [-0.1, -0.05) is 121 Å². The lowest BCUT2D eigenvalue weighted by atomic mass is 9.98. The van der Waals surface area contributed by atoms with E-state index >= 15 is 0 Å². The van der Waals surface area contributed by atoms with Gasteiger partial charge in [0.05, 0.1) is 27.6 Å². The number of nitrogens with zero attached hydrogens (tertiary/aromatic N) is 2. The van der Waals surface area contributed by atoms with Crippen LogP contribution in [-0.2, 0) is 0 Å². The third-order valence-corrected chi connectivity index (χ3v) is 10.2. The zero-order valence-electron chi connectivity index (χ0n) is 24.9. The number of fused-ring (bicyclic) bond motifs is 12. The van der Waals surface area contributed by atoms with E-state index in [9.17, 15) is 0 Å². The van der Waals surface area contributed by atoms with E-state index in [-0.39, 0.29) is 0 Å². The molecule has 0 atom stereocenters. The molecule has 0 saturated heterocycles. The molecule has 3 aromatic heterocycles. The summed E-state index contributed by atoms with van der Waals surface area (Å²) in [6, 6.07) is 58.2. The molecule has 3 heterocycles. The summed E-state index contributed by atoms with van der Waals surface area (Å²) in [4.78, 5) is 0. The van der Waals surface area contributed by atoms with Crippen LogP contribution in [0, 0.1) is 0 Å². The molecule has 2 nitrogen and oxygen atoms in total. The predicted octanol–water partition coefficient (Wildman–Crippen LogP) is 11.9. The highest BCUT2D eigenvalue weighted by atomic mass is 15.0. The Balaban J connectivity index is 1.19. The Hall–Kier alpha value is -6.12. The second-order valence-corrected chi connectivity index (χ2v) is 12.5. The van der Waals surface area contributed by atoms with Crippen LogP contribution in [0.25, 0.3) is 98.3 Å². The minimum Gasteiger partial charge on any atom is -0.309 e. The van der Waals surface area contributed by atoms with Gasteiger partial charge in [-0.25, -0.2) is 0 Å². The van der Waals surface area contributed by atoms with E-state index in [2.05, 4.69) is 167 Å². The quantitative estimate of drug-likeness (QED) is 0.192. The van der Waals surface area contributed by atoms with Gasteiger partial charge in [0.1, 0.15) is 0 Å². The van der Waals surface area contributed by atoms with Crippen molar-refractivity contribution >= 4 is 81.4 Å². The van der Waals surface area contributed by atoms with E-state index in [4.69, 9.17) is 0 Å². The van der Waals surface area contributed by atoms with Crippen molar-refractivity contribution in [1.29, 1.82) is 0 Å². The highest BCUT2D eigenvalue weighted by molar-refractivity contribution is 6.28. The lowest BCUT2D eigenvalue weighted by Gasteiger charge is -2.11. The second kappa shape index (κ2) is 8.74. The number of hydrogen-bond acceptors (Lipinski definition) is 0. The Kier molecular flexibility index (Phi) is 4.61. The molecular weight excluding hydrogens is 556 g/mol. The fraction of sp³-hybridized carbons (Fsp3) is 0. The molecule has 0 aliphatic rings. The van der Waals surface area contributed by atoms with Gasteiger partial charge in [0, 0.05) is 43.4 Å². The molecule has 0 bridgehead atoms. The SMILES string of the molecule is c1ccc2c(-c3ccc(-n4c5ccccc5c5cc6c(ccc7c8cccc9c%10ccccc%10n(c67)c98)cc54)cc3)cccc2c1. The van der Waals surface area contributed by atoms with E-state index in [1.54, 1.807) is 0 Å². The van der Waals surface area contributed by atoms with Gasteiger partial charge < -0.3 is 8.97 Å². The van der Waals surface area contributed by atoms with Crippen molar-refractivity contribution in [3.05, 3.63) is 158 Å². The standard InChI is InChI=1S/C44H26N2/c1-2-11-31-27(9-1)10-7-14-32(31)28-19-22-30(23-20-28)45-40-17-5-4-13-34(40)39-26-38-29(25-42(39)45)21-24-37-36-16-8-15-35-33-12-3-6-18-41(33)46(43(35)36)44(37)38/h1-26H. The largest absolute Gasteiger partial charge is 0.309 e. The first-order valence-electron chi connectivity index (χ1n) is 15.9. The summed E-state index contributed by atoms with van der Waals surface area (Å²) in [5.74, 6) is 0. The van der Waals surface area contributed by atoms with Crippen LogP contribution in [0.1, 0.15) is 0 Å². The van der Waals surface area contributed by atoms with Crippen molar-refractivity contribution in [1.82, 2.24) is 8.97 Å². The van der Waals surface area contributed by atoms with E-state index in [0.717, 1.165) is 0 Å². The number of benzene rings is 8. The van der Waals surface area contributed by atoms with Crippen LogP contribution in [0.4, 0.5) is 0 Å². The average molecular weight is 583 g/mol. The van der Waals surface area contributed by atoms with E-state index < -0.39 is 0 Å². The van der Waals surface area contributed by atoms with Gasteiger partial charge in [-0.05, 0) is 63.7 Å². The van der Waals surface area contributed by atoms with Gasteiger partial charge in [0.2, 0.25) is 0 Å². The van der Waals surface area contributed by atoms with Crippen LogP contribution in [-0.4, -0.2) is 8.97 Å². The Labute approximate surface area is 264 Å². The van der Waals surface area contributed by atoms with Gasteiger partial charge in [0.25, 0.3) is 0 Å². The van der Waals surface area contributed by atoms with Crippen molar-refractivity contribution in [3.8, 4) is 16.8 Å². The first kappa shape index (κ1) is 24.2. The molecule has 0 radical (unpaired) electrons. The highest BCUT2D eigenvalue weighted by Gasteiger charge is 2.20. The molecule has 2 heteroatoms. The monoisotopic (exact) mass is 582 g/mol. The third kappa shape index (κ3) is 3.05. The average Bonchev–Trinajstić information content (AvgIpc) is 3.75. The molecule has 46 heavy (non-hydrogen) atoms. The van der Waals surface area contributed by atoms with E-state index in [1.165, 1.54) is 98.3 Å². The van der Waals surface area contributed by atoms with Crippen LogP contribution in [0.5, 0.6) is 0 Å². The minimum absolute atomic E-state index is 1.17. The van der Waals surface area contributed by atoms with Gasteiger partial charge in [-0.3, -0.25) is 0 Å². The van der Waals surface area contributed by atoms with Crippen LogP contribution in [0.2, 0.25) is 0 Å². The van der Waals surface area contributed by atoms with Crippen molar-refractivity contribution in [2.75, 3.05) is 0 Å². The first-order valence-corrected chi connectivity index (χ1v) is 15.9. The van der Waals surface area contributed by atoms with Crippen molar-refractivity contribution < 1.29 is 0 Å². The van der Waals surface area contributed by atoms with Crippen molar-refractivity contribution in [3.63, 3.8) is 0 Å². The van der Waals surface area contributed by atoms with Crippen molar-refractivity contribution in [2.24, 2.45) is 0 Å². The fourth-order valence-corrected chi connectivity index (χ4v) is 8.24. The van der Waals surface area contributed by atoms with Crippen LogP contribution in [0.3, 0.4) is 0 Å². The van der Waals surface area contributed by atoms with Gasteiger partial charge >= 0.3 is 0 Å². The van der Waals surface area contributed by atoms with Gasteiger partial charge in [-0.2, -0.15) is 0 Å². The molecular formula is C44H26N2. The molecule has 0 N–H and O–H groups in total. The third-order valence-electron chi connectivity index (χ3n) is 10.2. The summed E-state index contributed by atoms with van der Waals surface area (Å²) in [7, 11) is 0. The molecule has 0 unspecified atom stereocenters. The Morgan fingerprint density at radius 1 is 0.326 bits per heavy atom. The molecule has 0 amide bonds. The van der Waals surface area contributed by atoms with Gasteiger partial charge in [0.15, 0.2) is 0 Å². The van der Waals surface area contributed by atoms with Crippen LogP contribution < -0.4 is 0 Å². The summed E-state index contributed by atoms with van der Waals surface area (Å²) in [6.45, 7) is 0. The Morgan fingerprint density at radius 2 is 0.935 bits per heavy atom. The highest BCUT2D eigenvalue weighted by Crippen LogP contribution is 2.43. The number of para-hydroxylation sites is 3. The zero-order chi connectivity index (χ0) is 29.9. The maximum Gasteiger partial charge on any atom is 0.0620 e.